The van der Waals surface area contributed by atoms with Crippen LogP contribution in [-0.2, 0) is 4.79 Å². The van der Waals surface area contributed by atoms with Crippen molar-refractivity contribution in [3.8, 4) is 0 Å². The quantitative estimate of drug-likeness (QED) is 0.607. The van der Waals surface area contributed by atoms with E-state index >= 15 is 0 Å². The molecule has 2 N–H and O–H groups in total. The number of nitrogens with zero attached hydrogens (tertiary/aromatic N) is 3. The van der Waals surface area contributed by atoms with Gasteiger partial charge in [-0.1, -0.05) is 12.1 Å². The van der Waals surface area contributed by atoms with Gasteiger partial charge in [0.15, 0.2) is 0 Å². The topological polar surface area (TPSA) is 96.1 Å². The van der Waals surface area contributed by atoms with Crippen LogP contribution in [0.2, 0.25) is 0 Å². The van der Waals surface area contributed by atoms with Crippen LogP contribution in [0.15, 0.2) is 52.9 Å². The Balaban J connectivity index is 1.73. The zero-order chi connectivity index (χ0) is 22.1. The monoisotopic (exact) mass is 412 g/mol. The van der Waals surface area contributed by atoms with Gasteiger partial charge in [0.05, 0.1) is 41.8 Å². The maximum atomic E-state index is 13.5. The van der Waals surface area contributed by atoms with E-state index in [0.29, 0.717) is 36.1 Å². The predicted octanol–water partition coefficient (Wildman–Crippen LogP) is 2.45. The van der Waals surface area contributed by atoms with Crippen molar-refractivity contribution in [2.45, 2.75) is 32.7 Å². The zero-order valence-electron chi connectivity index (χ0n) is 17.3. The highest BCUT2D eigenvalue weighted by Crippen LogP contribution is 2.25. The van der Waals surface area contributed by atoms with Crippen LogP contribution in [0.5, 0.6) is 0 Å². The van der Waals surface area contributed by atoms with Gasteiger partial charge in [0.1, 0.15) is 0 Å². The van der Waals surface area contributed by atoms with Crippen LogP contribution in [0.1, 0.15) is 47.9 Å². The van der Waals surface area contributed by atoms with Crippen LogP contribution in [0, 0.1) is 0 Å². The molecule has 0 radical (unpaired) electrons. The number of piperidine rings is 1. The number of nitrogens with two attached hydrogens (primary N) is 1. The number of hydrogen-bond donors (Lipinski definition) is 1. The largest absolute Gasteiger partial charge is 0.404 e. The van der Waals surface area contributed by atoms with Gasteiger partial charge in [-0.15, -0.1) is 0 Å². The first-order valence-corrected chi connectivity index (χ1v) is 9.70. The lowest BCUT2D eigenvalue weighted by Gasteiger charge is -2.39. The standard InChI is InChI=1S/C22H25FN4O3/c1-22(2,3)27-9-8-18(17(11-24)21(27)30)25-12-14(10-23)13-26-19(28)15-6-4-5-7-16(15)20(26)29/h4-7,10-11H,8-9,12-13,24H2,1-3H3/b14-10-,17-11?,25-18?. The van der Waals surface area contributed by atoms with Gasteiger partial charge in [0, 0.05) is 24.7 Å². The normalized spacial score (nSPS) is 20.5. The molecule has 1 aromatic carbocycles. The van der Waals surface area contributed by atoms with Crippen molar-refractivity contribution in [1.82, 2.24) is 9.80 Å². The molecule has 2 heterocycles. The molecular weight excluding hydrogens is 387 g/mol. The summed E-state index contributed by atoms with van der Waals surface area (Å²) in [5, 5.41) is 0. The van der Waals surface area contributed by atoms with E-state index in [1.165, 1.54) is 6.20 Å². The van der Waals surface area contributed by atoms with Crippen LogP contribution in [-0.4, -0.2) is 58.4 Å². The van der Waals surface area contributed by atoms with Gasteiger partial charge in [0.25, 0.3) is 17.7 Å². The second-order valence-corrected chi connectivity index (χ2v) is 8.23. The number of halogens is 1. The Bertz CT molecular complexity index is 953. The number of fused-ring (bicyclic) bond motifs is 1. The fourth-order valence-corrected chi connectivity index (χ4v) is 3.60. The molecule has 3 amide bonds. The van der Waals surface area contributed by atoms with Crippen LogP contribution >= 0.6 is 0 Å². The van der Waals surface area contributed by atoms with E-state index in [9.17, 15) is 18.8 Å². The molecule has 2 aliphatic heterocycles. The van der Waals surface area contributed by atoms with Crippen LogP contribution in [0.25, 0.3) is 0 Å². The molecule has 0 unspecified atom stereocenters. The summed E-state index contributed by atoms with van der Waals surface area (Å²) < 4.78 is 13.5. The Morgan fingerprint density at radius 1 is 1.13 bits per heavy atom. The average Bonchev–Trinajstić information content (AvgIpc) is 2.95. The summed E-state index contributed by atoms with van der Waals surface area (Å²) in [5.74, 6) is -1.14. The molecule has 0 spiro atoms. The molecule has 0 bridgehead atoms. The molecule has 0 aromatic heterocycles. The maximum absolute atomic E-state index is 13.5. The van der Waals surface area contributed by atoms with E-state index < -0.39 is 11.8 Å². The maximum Gasteiger partial charge on any atom is 0.261 e. The molecule has 1 fully saturated rings. The lowest BCUT2D eigenvalue weighted by Crippen LogP contribution is -2.51. The Labute approximate surface area is 174 Å². The Morgan fingerprint density at radius 2 is 1.73 bits per heavy atom. The van der Waals surface area contributed by atoms with Crippen LogP contribution in [0.3, 0.4) is 0 Å². The summed E-state index contributed by atoms with van der Waals surface area (Å²) >= 11 is 0. The van der Waals surface area contributed by atoms with E-state index in [1.54, 1.807) is 29.2 Å². The molecule has 0 saturated carbocycles. The third-order valence-corrected chi connectivity index (χ3v) is 5.20. The van der Waals surface area contributed by atoms with E-state index in [1.807, 2.05) is 20.8 Å². The number of imide groups is 1. The van der Waals surface area contributed by atoms with Gasteiger partial charge in [-0.25, -0.2) is 4.39 Å². The first-order valence-electron chi connectivity index (χ1n) is 9.70. The summed E-state index contributed by atoms with van der Waals surface area (Å²) in [6.07, 6.45) is 2.06. The highest BCUT2D eigenvalue weighted by Gasteiger charge is 2.36. The van der Waals surface area contributed by atoms with E-state index in [2.05, 4.69) is 4.99 Å². The summed E-state index contributed by atoms with van der Waals surface area (Å²) in [4.78, 5) is 44.8. The minimum absolute atomic E-state index is 0.0840. The number of likely N-dealkylation sites (tertiary alicyclic amines) is 1. The van der Waals surface area contributed by atoms with Crippen molar-refractivity contribution in [2.24, 2.45) is 10.7 Å². The first-order chi connectivity index (χ1) is 14.2. The minimum atomic E-state index is -0.459. The second-order valence-electron chi connectivity index (χ2n) is 8.23. The highest BCUT2D eigenvalue weighted by atomic mass is 19.1. The van der Waals surface area contributed by atoms with Crippen molar-refractivity contribution >= 4 is 23.4 Å². The molecule has 30 heavy (non-hydrogen) atoms. The zero-order valence-corrected chi connectivity index (χ0v) is 17.3. The number of carbonyl (C=O) groups is 3. The number of hydrogen-bond acceptors (Lipinski definition) is 5. The summed E-state index contributed by atoms with van der Waals surface area (Å²) in [6, 6.07) is 6.49. The average molecular weight is 412 g/mol. The van der Waals surface area contributed by atoms with Crippen molar-refractivity contribution in [3.05, 3.63) is 59.1 Å². The molecule has 1 aromatic rings. The third kappa shape index (κ3) is 3.90. The Hall–Kier alpha value is -3.29. The molecule has 3 rings (SSSR count). The molecule has 7 nitrogen and oxygen atoms in total. The summed E-state index contributed by atoms with van der Waals surface area (Å²) in [5.41, 5.74) is 6.86. The van der Waals surface area contributed by atoms with Crippen molar-refractivity contribution in [1.29, 1.82) is 0 Å². The number of carbonyl (C=O) groups excluding carboxylic acids is 3. The summed E-state index contributed by atoms with van der Waals surface area (Å²) in [7, 11) is 0. The second kappa shape index (κ2) is 8.22. The number of aliphatic imine (C=N–C) groups is 1. The van der Waals surface area contributed by atoms with Crippen molar-refractivity contribution in [2.75, 3.05) is 19.6 Å². The van der Waals surface area contributed by atoms with Gasteiger partial charge in [-0.05, 0) is 38.5 Å². The van der Waals surface area contributed by atoms with Gasteiger partial charge < -0.3 is 10.6 Å². The molecule has 2 aliphatic rings. The smallest absolute Gasteiger partial charge is 0.261 e. The van der Waals surface area contributed by atoms with E-state index in [-0.39, 0.29) is 35.7 Å². The van der Waals surface area contributed by atoms with Crippen LogP contribution < -0.4 is 5.73 Å². The molecule has 158 valence electrons. The Morgan fingerprint density at radius 3 is 2.23 bits per heavy atom. The van der Waals surface area contributed by atoms with Crippen LogP contribution in [0.4, 0.5) is 4.39 Å². The van der Waals surface area contributed by atoms with Crippen molar-refractivity contribution < 1.29 is 18.8 Å². The van der Waals surface area contributed by atoms with Crippen molar-refractivity contribution in [3.63, 3.8) is 0 Å². The Kier molecular flexibility index (Phi) is 5.87. The predicted molar refractivity (Wildman–Crippen MR) is 112 cm³/mol. The molecule has 0 atom stereocenters. The van der Waals surface area contributed by atoms with Gasteiger partial charge in [-0.3, -0.25) is 24.3 Å². The lowest BCUT2D eigenvalue weighted by atomic mass is 9.96. The molecular formula is C22H25FN4O3. The SMILES string of the molecule is CC(C)(C)N1CCC(=NC/C(=C/F)CN2C(=O)c3ccccc3C2=O)C(=CN)C1=O. The third-order valence-electron chi connectivity index (χ3n) is 5.20. The van der Waals surface area contributed by atoms with Gasteiger partial charge in [-0.2, -0.15) is 0 Å². The fraction of sp³-hybridized carbons (Fsp3) is 0.364. The van der Waals surface area contributed by atoms with Gasteiger partial charge >= 0.3 is 0 Å². The minimum Gasteiger partial charge on any atom is -0.404 e. The number of amides is 3. The highest BCUT2D eigenvalue weighted by molar-refractivity contribution is 6.23. The lowest BCUT2D eigenvalue weighted by molar-refractivity contribution is -0.131. The van der Waals surface area contributed by atoms with Gasteiger partial charge in [0.2, 0.25) is 0 Å². The summed E-state index contributed by atoms with van der Waals surface area (Å²) in [6.45, 7) is 6.00. The molecule has 0 aliphatic carbocycles. The van der Waals surface area contributed by atoms with E-state index in [4.69, 9.17) is 5.73 Å². The number of rotatable bonds is 4. The number of benzene rings is 1. The first kappa shape index (κ1) is 21.4. The fourth-order valence-electron chi connectivity index (χ4n) is 3.60. The molecule has 1 saturated heterocycles. The van der Waals surface area contributed by atoms with E-state index in [0.717, 1.165) is 4.90 Å². The molecule has 8 heteroatoms.